The molecule has 2 rings (SSSR count). The lowest BCUT2D eigenvalue weighted by Crippen LogP contribution is -2.29. The summed E-state index contributed by atoms with van der Waals surface area (Å²) >= 11 is 0. The van der Waals surface area contributed by atoms with Crippen LogP contribution in [0.4, 0.5) is 4.39 Å². The molecule has 0 heterocycles. The highest BCUT2D eigenvalue weighted by atomic mass is 19.1. The van der Waals surface area contributed by atoms with E-state index in [1.807, 2.05) is 0 Å². The molecule has 1 aliphatic carbocycles. The van der Waals surface area contributed by atoms with Crippen LogP contribution in [0.5, 0.6) is 0 Å². The summed E-state index contributed by atoms with van der Waals surface area (Å²) in [6, 6.07) is 6.45. The summed E-state index contributed by atoms with van der Waals surface area (Å²) in [4.78, 5) is 0. The number of hydrogen-bond acceptors (Lipinski definition) is 2. The van der Waals surface area contributed by atoms with Gasteiger partial charge >= 0.3 is 0 Å². The number of rotatable bonds is 1. The monoisotopic (exact) mass is 219 g/mol. The number of halogens is 1. The molecule has 0 amide bonds. The van der Waals surface area contributed by atoms with Crippen LogP contribution in [0.25, 0.3) is 0 Å². The number of nitriles is 1. The highest BCUT2D eigenvalue weighted by molar-refractivity contribution is 5.37. The van der Waals surface area contributed by atoms with Crippen LogP contribution in [0.1, 0.15) is 43.2 Å². The van der Waals surface area contributed by atoms with Gasteiger partial charge in [-0.2, -0.15) is 5.26 Å². The molecule has 84 valence electrons. The van der Waals surface area contributed by atoms with E-state index in [1.54, 1.807) is 18.2 Å². The van der Waals surface area contributed by atoms with E-state index in [0.717, 1.165) is 19.3 Å². The molecular formula is C13H14FNO. The van der Waals surface area contributed by atoms with Gasteiger partial charge in [-0.3, -0.25) is 0 Å². The Hall–Kier alpha value is -1.40. The van der Waals surface area contributed by atoms with Gasteiger partial charge in [-0.15, -0.1) is 0 Å². The minimum Gasteiger partial charge on any atom is -0.385 e. The van der Waals surface area contributed by atoms with Crippen molar-refractivity contribution in [3.05, 3.63) is 35.1 Å². The molecule has 16 heavy (non-hydrogen) atoms. The molecule has 0 aliphatic heterocycles. The molecule has 1 saturated carbocycles. The lowest BCUT2D eigenvalue weighted by molar-refractivity contribution is -0.00377. The van der Waals surface area contributed by atoms with Crippen LogP contribution >= 0.6 is 0 Å². The van der Waals surface area contributed by atoms with E-state index < -0.39 is 11.4 Å². The van der Waals surface area contributed by atoms with Gasteiger partial charge in [0.2, 0.25) is 0 Å². The number of hydrogen-bond donors (Lipinski definition) is 1. The predicted octanol–water partition coefficient (Wildman–Crippen LogP) is 2.85. The van der Waals surface area contributed by atoms with Gasteiger partial charge in [0.15, 0.2) is 0 Å². The third-order valence-corrected chi connectivity index (χ3v) is 3.30. The molecule has 0 radical (unpaired) electrons. The molecule has 1 aromatic carbocycles. The van der Waals surface area contributed by atoms with Crippen molar-refractivity contribution in [2.75, 3.05) is 0 Å². The number of benzene rings is 1. The van der Waals surface area contributed by atoms with E-state index in [4.69, 9.17) is 5.26 Å². The van der Waals surface area contributed by atoms with Crippen LogP contribution in [0.3, 0.4) is 0 Å². The van der Waals surface area contributed by atoms with Crippen molar-refractivity contribution < 1.29 is 9.50 Å². The fourth-order valence-corrected chi connectivity index (χ4v) is 2.38. The Morgan fingerprint density at radius 2 is 1.94 bits per heavy atom. The maximum absolute atomic E-state index is 13.9. The van der Waals surface area contributed by atoms with Gasteiger partial charge in [0.05, 0.1) is 11.2 Å². The lowest BCUT2D eigenvalue weighted by Gasteiger charge is -2.32. The van der Waals surface area contributed by atoms with Crippen LogP contribution in [-0.2, 0) is 5.60 Å². The van der Waals surface area contributed by atoms with E-state index in [2.05, 4.69) is 0 Å². The zero-order valence-electron chi connectivity index (χ0n) is 9.04. The van der Waals surface area contributed by atoms with Gasteiger partial charge in [-0.25, -0.2) is 4.39 Å². The quantitative estimate of drug-likeness (QED) is 0.789. The molecule has 3 heteroatoms. The van der Waals surface area contributed by atoms with E-state index in [9.17, 15) is 9.50 Å². The first kappa shape index (κ1) is 11.1. The smallest absolute Gasteiger partial charge is 0.147 e. The van der Waals surface area contributed by atoms with Crippen LogP contribution in [0.15, 0.2) is 18.2 Å². The predicted molar refractivity (Wildman–Crippen MR) is 58.1 cm³/mol. The highest BCUT2D eigenvalue weighted by Crippen LogP contribution is 2.38. The minimum absolute atomic E-state index is 0.0106. The van der Waals surface area contributed by atoms with E-state index in [-0.39, 0.29) is 11.1 Å². The second-order valence-corrected chi connectivity index (χ2v) is 4.37. The van der Waals surface area contributed by atoms with E-state index in [1.165, 1.54) is 6.07 Å². The van der Waals surface area contributed by atoms with Gasteiger partial charge in [0.1, 0.15) is 11.9 Å². The molecule has 1 fully saturated rings. The van der Waals surface area contributed by atoms with Gasteiger partial charge in [-0.1, -0.05) is 31.4 Å². The Morgan fingerprint density at radius 1 is 1.25 bits per heavy atom. The molecular weight excluding hydrogens is 205 g/mol. The van der Waals surface area contributed by atoms with Gasteiger partial charge in [0, 0.05) is 5.56 Å². The van der Waals surface area contributed by atoms with Crippen LogP contribution in [-0.4, -0.2) is 5.11 Å². The zero-order valence-corrected chi connectivity index (χ0v) is 9.04. The normalized spacial score (nSPS) is 19.1. The average molecular weight is 219 g/mol. The Labute approximate surface area is 94.3 Å². The second kappa shape index (κ2) is 4.23. The first-order chi connectivity index (χ1) is 7.67. The molecule has 0 saturated heterocycles. The summed E-state index contributed by atoms with van der Waals surface area (Å²) in [6.45, 7) is 0. The average Bonchev–Trinajstić information content (AvgIpc) is 2.30. The third kappa shape index (κ3) is 1.81. The van der Waals surface area contributed by atoms with Crippen molar-refractivity contribution in [2.45, 2.75) is 37.7 Å². The van der Waals surface area contributed by atoms with Gasteiger partial charge < -0.3 is 5.11 Å². The maximum Gasteiger partial charge on any atom is 0.147 e. The van der Waals surface area contributed by atoms with Crippen LogP contribution < -0.4 is 0 Å². The SMILES string of the molecule is N#Cc1cccc(C2(O)CCCCC2)c1F. The Kier molecular flexibility index (Phi) is 2.93. The molecule has 1 aromatic rings. The molecule has 0 atom stereocenters. The molecule has 0 aromatic heterocycles. The van der Waals surface area contributed by atoms with Crippen molar-refractivity contribution in [2.24, 2.45) is 0 Å². The molecule has 1 aliphatic rings. The van der Waals surface area contributed by atoms with Gasteiger partial charge in [-0.05, 0) is 18.9 Å². The molecule has 0 unspecified atom stereocenters. The molecule has 1 N–H and O–H groups in total. The van der Waals surface area contributed by atoms with Crippen molar-refractivity contribution in [1.29, 1.82) is 5.26 Å². The fourth-order valence-electron chi connectivity index (χ4n) is 2.38. The summed E-state index contributed by atoms with van der Waals surface area (Å²) < 4.78 is 13.9. The van der Waals surface area contributed by atoms with Crippen molar-refractivity contribution in [3.63, 3.8) is 0 Å². The summed E-state index contributed by atoms with van der Waals surface area (Å²) in [5.74, 6) is -0.561. The Bertz CT molecular complexity index is 430. The first-order valence-electron chi connectivity index (χ1n) is 5.59. The lowest BCUT2D eigenvalue weighted by atomic mass is 9.79. The number of aliphatic hydroxyl groups is 1. The van der Waals surface area contributed by atoms with Crippen LogP contribution in [0.2, 0.25) is 0 Å². The zero-order chi connectivity index (χ0) is 11.6. The molecule has 0 spiro atoms. The minimum atomic E-state index is -1.07. The summed E-state index contributed by atoms with van der Waals surface area (Å²) in [6.07, 6.45) is 4.07. The largest absolute Gasteiger partial charge is 0.385 e. The summed E-state index contributed by atoms with van der Waals surface area (Å²) in [7, 11) is 0. The van der Waals surface area contributed by atoms with Crippen molar-refractivity contribution >= 4 is 0 Å². The maximum atomic E-state index is 13.9. The van der Waals surface area contributed by atoms with Gasteiger partial charge in [0.25, 0.3) is 0 Å². The van der Waals surface area contributed by atoms with E-state index >= 15 is 0 Å². The fraction of sp³-hybridized carbons (Fsp3) is 0.462. The second-order valence-electron chi connectivity index (χ2n) is 4.37. The molecule has 2 nitrogen and oxygen atoms in total. The Morgan fingerprint density at radius 3 is 2.56 bits per heavy atom. The third-order valence-electron chi connectivity index (χ3n) is 3.30. The van der Waals surface area contributed by atoms with E-state index in [0.29, 0.717) is 12.8 Å². The van der Waals surface area contributed by atoms with Crippen LogP contribution in [0, 0.1) is 17.1 Å². The summed E-state index contributed by atoms with van der Waals surface area (Å²) in [5.41, 5.74) is -0.780. The standard InChI is InChI=1S/C13H14FNO/c14-12-10(9-15)5-4-6-11(12)13(16)7-2-1-3-8-13/h4-6,16H,1-3,7-8H2. The van der Waals surface area contributed by atoms with Crippen molar-refractivity contribution in [3.8, 4) is 6.07 Å². The summed E-state index contributed by atoms with van der Waals surface area (Å²) in [5, 5.41) is 19.1. The number of nitrogens with zero attached hydrogens (tertiary/aromatic N) is 1. The highest BCUT2D eigenvalue weighted by Gasteiger charge is 2.34. The van der Waals surface area contributed by atoms with Crippen molar-refractivity contribution in [1.82, 2.24) is 0 Å². The first-order valence-corrected chi connectivity index (χ1v) is 5.59. The Balaban J connectivity index is 2.43. The topological polar surface area (TPSA) is 44.0 Å². The molecule has 0 bridgehead atoms.